The second kappa shape index (κ2) is 3.35. The molecule has 0 nitrogen and oxygen atoms in total. The molecule has 1 aliphatic rings. The van der Waals surface area contributed by atoms with Gasteiger partial charge in [0.05, 0.1) is 0 Å². The van der Waals surface area contributed by atoms with E-state index in [9.17, 15) is 4.39 Å². The molecule has 13 heavy (non-hydrogen) atoms. The summed E-state index contributed by atoms with van der Waals surface area (Å²) in [5, 5.41) is 0. The van der Waals surface area contributed by atoms with Crippen LogP contribution in [-0.2, 0) is 6.42 Å². The van der Waals surface area contributed by atoms with Crippen LogP contribution < -0.4 is 0 Å². The van der Waals surface area contributed by atoms with Crippen LogP contribution in [0.2, 0.25) is 0 Å². The average molecular weight is 308 g/mol. The highest BCUT2D eigenvalue weighted by molar-refractivity contribution is 9.10. The molecular formula is C10H9Br2F. The third-order valence-electron chi connectivity index (χ3n) is 2.52. The number of halogens is 3. The Hall–Kier alpha value is 0.110. The molecule has 0 bridgehead atoms. The molecule has 0 aromatic heterocycles. The zero-order valence-corrected chi connectivity index (χ0v) is 10.3. The zero-order valence-electron chi connectivity index (χ0n) is 7.15. The standard InChI is InChI=1S/C10H9Br2F/c1-5-2-7-8(10(5)12)3-6(11)4-9(7)13/h3-5,10H,2H2,1H3. The maximum atomic E-state index is 13.4. The molecule has 2 atom stereocenters. The Bertz CT molecular complexity index is 349. The number of hydrogen-bond donors (Lipinski definition) is 0. The third kappa shape index (κ3) is 1.57. The summed E-state index contributed by atoms with van der Waals surface area (Å²) in [5.74, 6) is 0.400. The Labute approximate surface area is 93.8 Å². The van der Waals surface area contributed by atoms with Crippen molar-refractivity contribution in [2.75, 3.05) is 0 Å². The molecule has 2 unspecified atom stereocenters. The van der Waals surface area contributed by atoms with Crippen LogP contribution in [0.5, 0.6) is 0 Å². The van der Waals surface area contributed by atoms with E-state index in [0.29, 0.717) is 10.7 Å². The van der Waals surface area contributed by atoms with Crippen molar-refractivity contribution in [3.05, 3.63) is 33.5 Å². The van der Waals surface area contributed by atoms with Crippen LogP contribution >= 0.6 is 31.9 Å². The van der Waals surface area contributed by atoms with Crippen molar-refractivity contribution in [3.8, 4) is 0 Å². The van der Waals surface area contributed by atoms with Crippen molar-refractivity contribution in [1.29, 1.82) is 0 Å². The first-order valence-electron chi connectivity index (χ1n) is 4.21. The number of fused-ring (bicyclic) bond motifs is 1. The lowest BCUT2D eigenvalue weighted by atomic mass is 10.1. The van der Waals surface area contributed by atoms with E-state index in [1.54, 1.807) is 0 Å². The monoisotopic (exact) mass is 306 g/mol. The van der Waals surface area contributed by atoms with Gasteiger partial charge in [-0.25, -0.2) is 4.39 Å². The van der Waals surface area contributed by atoms with E-state index in [1.165, 1.54) is 6.07 Å². The van der Waals surface area contributed by atoms with Crippen LogP contribution in [0.3, 0.4) is 0 Å². The predicted octanol–water partition coefficient (Wildman–Crippen LogP) is 4.22. The Morgan fingerprint density at radius 3 is 2.85 bits per heavy atom. The number of hydrogen-bond acceptors (Lipinski definition) is 0. The third-order valence-corrected chi connectivity index (χ3v) is 4.37. The van der Waals surface area contributed by atoms with Crippen LogP contribution in [-0.4, -0.2) is 0 Å². The van der Waals surface area contributed by atoms with E-state index in [2.05, 4.69) is 38.8 Å². The lowest BCUT2D eigenvalue weighted by Gasteiger charge is -2.07. The fraction of sp³-hybridized carbons (Fsp3) is 0.400. The van der Waals surface area contributed by atoms with E-state index in [1.807, 2.05) is 6.07 Å². The highest BCUT2D eigenvalue weighted by Gasteiger charge is 2.29. The summed E-state index contributed by atoms with van der Waals surface area (Å²) in [7, 11) is 0. The molecule has 0 aliphatic heterocycles. The summed E-state index contributed by atoms with van der Waals surface area (Å²) in [4.78, 5) is 0.300. The molecule has 0 saturated carbocycles. The first kappa shape index (κ1) is 9.66. The topological polar surface area (TPSA) is 0 Å². The van der Waals surface area contributed by atoms with Crippen LogP contribution in [0.25, 0.3) is 0 Å². The predicted molar refractivity (Wildman–Crippen MR) is 58.6 cm³/mol. The Morgan fingerprint density at radius 1 is 1.46 bits per heavy atom. The average Bonchev–Trinajstić information content (AvgIpc) is 2.32. The van der Waals surface area contributed by atoms with Gasteiger partial charge in [0.2, 0.25) is 0 Å². The van der Waals surface area contributed by atoms with Gasteiger partial charge >= 0.3 is 0 Å². The van der Waals surface area contributed by atoms with Crippen LogP contribution in [0, 0.1) is 11.7 Å². The molecule has 0 heterocycles. The normalized spacial score (nSPS) is 26.2. The van der Waals surface area contributed by atoms with E-state index >= 15 is 0 Å². The highest BCUT2D eigenvalue weighted by atomic mass is 79.9. The fourth-order valence-electron chi connectivity index (χ4n) is 1.82. The van der Waals surface area contributed by atoms with Gasteiger partial charge in [-0.1, -0.05) is 38.8 Å². The summed E-state index contributed by atoms with van der Waals surface area (Å²) in [6.07, 6.45) is 0.838. The van der Waals surface area contributed by atoms with E-state index in [-0.39, 0.29) is 5.82 Å². The minimum Gasteiger partial charge on any atom is -0.207 e. The smallest absolute Gasteiger partial charge is 0.127 e. The molecular weight excluding hydrogens is 299 g/mol. The largest absolute Gasteiger partial charge is 0.207 e. The van der Waals surface area contributed by atoms with Crippen LogP contribution in [0.15, 0.2) is 16.6 Å². The summed E-state index contributed by atoms with van der Waals surface area (Å²) in [5.41, 5.74) is 1.97. The van der Waals surface area contributed by atoms with Gasteiger partial charge in [0.15, 0.2) is 0 Å². The van der Waals surface area contributed by atoms with Gasteiger partial charge < -0.3 is 0 Å². The number of benzene rings is 1. The van der Waals surface area contributed by atoms with E-state index in [0.717, 1.165) is 22.0 Å². The molecule has 0 N–H and O–H groups in total. The van der Waals surface area contributed by atoms with Gasteiger partial charge in [0, 0.05) is 9.30 Å². The SMILES string of the molecule is CC1Cc2c(F)cc(Br)cc2C1Br. The van der Waals surface area contributed by atoms with Gasteiger partial charge in [-0.15, -0.1) is 0 Å². The molecule has 0 saturated heterocycles. The maximum absolute atomic E-state index is 13.4. The van der Waals surface area contributed by atoms with Crippen molar-refractivity contribution >= 4 is 31.9 Å². The first-order valence-corrected chi connectivity index (χ1v) is 5.92. The van der Waals surface area contributed by atoms with Crippen molar-refractivity contribution in [1.82, 2.24) is 0 Å². The number of rotatable bonds is 0. The van der Waals surface area contributed by atoms with E-state index < -0.39 is 0 Å². The van der Waals surface area contributed by atoms with E-state index in [4.69, 9.17) is 0 Å². The lowest BCUT2D eigenvalue weighted by molar-refractivity contribution is 0.585. The molecule has 0 fully saturated rings. The summed E-state index contributed by atoms with van der Waals surface area (Å²) < 4.78 is 14.3. The maximum Gasteiger partial charge on any atom is 0.127 e. The molecule has 1 aromatic carbocycles. The van der Waals surface area contributed by atoms with Gasteiger partial charge in [0.25, 0.3) is 0 Å². The molecule has 0 amide bonds. The van der Waals surface area contributed by atoms with Gasteiger partial charge in [-0.3, -0.25) is 0 Å². The van der Waals surface area contributed by atoms with Gasteiger partial charge in [0.1, 0.15) is 5.82 Å². The molecule has 1 aliphatic carbocycles. The quantitative estimate of drug-likeness (QED) is 0.630. The van der Waals surface area contributed by atoms with Crippen LogP contribution in [0.1, 0.15) is 22.9 Å². The Morgan fingerprint density at radius 2 is 2.15 bits per heavy atom. The molecule has 0 radical (unpaired) electrons. The Balaban J connectivity index is 2.57. The molecule has 2 rings (SSSR count). The summed E-state index contributed by atoms with van der Waals surface area (Å²) in [6.45, 7) is 2.13. The van der Waals surface area contributed by atoms with Gasteiger partial charge in [-0.2, -0.15) is 0 Å². The van der Waals surface area contributed by atoms with Crippen molar-refractivity contribution in [3.63, 3.8) is 0 Å². The molecule has 70 valence electrons. The second-order valence-corrected chi connectivity index (χ2v) is 5.44. The highest BCUT2D eigenvalue weighted by Crippen LogP contribution is 2.43. The minimum atomic E-state index is -0.0850. The lowest BCUT2D eigenvalue weighted by Crippen LogP contribution is -1.93. The van der Waals surface area contributed by atoms with Crippen molar-refractivity contribution in [2.45, 2.75) is 18.2 Å². The fourth-order valence-corrected chi connectivity index (χ4v) is 2.86. The molecule has 3 heteroatoms. The van der Waals surface area contributed by atoms with Crippen molar-refractivity contribution < 1.29 is 4.39 Å². The second-order valence-electron chi connectivity index (χ2n) is 3.54. The first-order chi connectivity index (χ1) is 6.09. The summed E-state index contributed by atoms with van der Waals surface area (Å²) in [6, 6.07) is 3.54. The number of alkyl halides is 1. The van der Waals surface area contributed by atoms with Gasteiger partial charge in [-0.05, 0) is 35.6 Å². The molecule has 0 spiro atoms. The zero-order chi connectivity index (χ0) is 9.59. The Kier molecular flexibility index (Phi) is 2.49. The summed E-state index contributed by atoms with van der Waals surface area (Å²) >= 11 is 6.89. The van der Waals surface area contributed by atoms with Crippen LogP contribution in [0.4, 0.5) is 4.39 Å². The van der Waals surface area contributed by atoms with Crippen molar-refractivity contribution in [2.24, 2.45) is 5.92 Å². The molecule has 1 aromatic rings. The minimum absolute atomic E-state index is 0.0850.